The first-order chi connectivity index (χ1) is 11.9. The summed E-state index contributed by atoms with van der Waals surface area (Å²) in [7, 11) is 0. The van der Waals surface area contributed by atoms with Crippen LogP contribution in [0.1, 0.15) is 16.8 Å². The summed E-state index contributed by atoms with van der Waals surface area (Å²) in [5, 5.41) is 5.31. The number of halogens is 3. The Morgan fingerprint density at radius 1 is 1.04 bits per heavy atom. The van der Waals surface area contributed by atoms with Crippen molar-refractivity contribution in [2.75, 3.05) is 11.9 Å². The molecule has 132 valence electrons. The molecule has 0 spiro atoms. The molecule has 2 N–H and O–H groups in total. The van der Waals surface area contributed by atoms with Crippen molar-refractivity contribution in [3.05, 3.63) is 58.6 Å². The van der Waals surface area contributed by atoms with Gasteiger partial charge in [-0.1, -0.05) is 27.7 Å². The molecule has 2 aromatic rings. The van der Waals surface area contributed by atoms with E-state index in [1.54, 1.807) is 36.4 Å². The zero-order valence-corrected chi connectivity index (χ0v) is 15.4. The molecule has 2 amide bonds. The smallest absolute Gasteiger partial charge is 0.288 e. The maximum Gasteiger partial charge on any atom is 0.288 e. The summed E-state index contributed by atoms with van der Waals surface area (Å²) in [4.78, 5) is 24.2. The summed E-state index contributed by atoms with van der Waals surface area (Å²) >= 11 is 3.74. The number of benzene rings is 2. The van der Waals surface area contributed by atoms with Crippen LogP contribution in [0.4, 0.5) is 14.5 Å². The molecule has 0 fully saturated rings. The zero-order chi connectivity index (χ0) is 18.2. The lowest BCUT2D eigenvalue weighted by atomic mass is 10.2. The molecule has 0 aliphatic rings. The van der Waals surface area contributed by atoms with E-state index in [1.807, 2.05) is 0 Å². The van der Waals surface area contributed by atoms with Crippen LogP contribution >= 0.6 is 27.7 Å². The van der Waals surface area contributed by atoms with Gasteiger partial charge in [-0.2, -0.15) is 8.78 Å². The zero-order valence-electron chi connectivity index (χ0n) is 13.0. The van der Waals surface area contributed by atoms with Crippen molar-refractivity contribution in [1.29, 1.82) is 0 Å². The predicted octanol–water partition coefficient (Wildman–Crippen LogP) is 4.52. The number of anilines is 1. The molecule has 0 saturated heterocycles. The Kier molecular flexibility index (Phi) is 7.39. The second-order valence-corrected chi connectivity index (χ2v) is 6.94. The molecule has 0 unspecified atom stereocenters. The maximum absolute atomic E-state index is 12.2. The summed E-state index contributed by atoms with van der Waals surface area (Å²) in [6, 6.07) is 13.0. The number of nitrogens with one attached hydrogen (secondary N) is 2. The average molecular weight is 429 g/mol. The number of rotatable bonds is 7. The molecule has 4 nitrogen and oxygen atoms in total. The highest BCUT2D eigenvalue weighted by atomic mass is 79.9. The van der Waals surface area contributed by atoms with Gasteiger partial charge in [-0.3, -0.25) is 9.59 Å². The second kappa shape index (κ2) is 9.53. The van der Waals surface area contributed by atoms with Crippen LogP contribution in [0, 0.1) is 0 Å². The number of alkyl halides is 2. The van der Waals surface area contributed by atoms with Gasteiger partial charge in [0.2, 0.25) is 5.91 Å². The van der Waals surface area contributed by atoms with E-state index >= 15 is 0 Å². The van der Waals surface area contributed by atoms with Crippen LogP contribution in [-0.2, 0) is 4.79 Å². The Labute approximate surface area is 156 Å². The number of thioether (sulfide) groups is 1. The fraction of sp³-hybridized carbons (Fsp3) is 0.176. The SMILES string of the molecule is O=C(CCNC(=O)c1ccc(Br)cc1)Nc1ccc(SC(F)F)cc1. The van der Waals surface area contributed by atoms with Crippen LogP contribution in [0.2, 0.25) is 0 Å². The molecule has 2 aromatic carbocycles. The van der Waals surface area contributed by atoms with Crippen molar-refractivity contribution in [2.45, 2.75) is 17.1 Å². The summed E-state index contributed by atoms with van der Waals surface area (Å²) < 4.78 is 25.3. The lowest BCUT2D eigenvalue weighted by Crippen LogP contribution is -2.27. The van der Waals surface area contributed by atoms with E-state index in [4.69, 9.17) is 0 Å². The van der Waals surface area contributed by atoms with E-state index in [-0.39, 0.29) is 24.8 Å². The first kappa shape index (κ1) is 19.4. The van der Waals surface area contributed by atoms with Crippen LogP contribution < -0.4 is 10.6 Å². The fourth-order valence-electron chi connectivity index (χ4n) is 1.94. The van der Waals surface area contributed by atoms with E-state index in [1.165, 1.54) is 12.1 Å². The lowest BCUT2D eigenvalue weighted by Gasteiger charge is -2.08. The van der Waals surface area contributed by atoms with Gasteiger partial charge >= 0.3 is 0 Å². The van der Waals surface area contributed by atoms with Crippen LogP contribution in [0.5, 0.6) is 0 Å². The van der Waals surface area contributed by atoms with Crippen molar-refractivity contribution in [2.24, 2.45) is 0 Å². The van der Waals surface area contributed by atoms with Crippen LogP contribution in [0.25, 0.3) is 0 Å². The minimum Gasteiger partial charge on any atom is -0.352 e. The van der Waals surface area contributed by atoms with Crippen LogP contribution in [-0.4, -0.2) is 24.1 Å². The number of hydrogen-bond acceptors (Lipinski definition) is 3. The predicted molar refractivity (Wildman–Crippen MR) is 98.0 cm³/mol. The molecule has 0 radical (unpaired) electrons. The molecule has 8 heteroatoms. The Morgan fingerprint density at radius 3 is 2.28 bits per heavy atom. The minimum absolute atomic E-state index is 0.107. The Hall–Kier alpha value is -1.93. The molecule has 0 atom stereocenters. The first-order valence-corrected chi connectivity index (χ1v) is 9.00. The van der Waals surface area contributed by atoms with Gasteiger partial charge in [0.1, 0.15) is 0 Å². The third-order valence-electron chi connectivity index (χ3n) is 3.11. The number of carbonyl (C=O) groups is 2. The van der Waals surface area contributed by atoms with Crippen LogP contribution in [0.3, 0.4) is 0 Å². The lowest BCUT2D eigenvalue weighted by molar-refractivity contribution is -0.116. The third-order valence-corrected chi connectivity index (χ3v) is 4.36. The Morgan fingerprint density at radius 2 is 1.68 bits per heavy atom. The third kappa shape index (κ3) is 6.83. The molecular weight excluding hydrogens is 414 g/mol. The normalized spacial score (nSPS) is 10.6. The molecule has 0 aromatic heterocycles. The molecular formula is C17H15BrF2N2O2S. The molecule has 2 rings (SSSR count). The quantitative estimate of drug-likeness (QED) is 0.637. The highest BCUT2D eigenvalue weighted by molar-refractivity contribution is 9.10. The van der Waals surface area contributed by atoms with Gasteiger partial charge in [-0.05, 0) is 48.5 Å². The van der Waals surface area contributed by atoms with Gasteiger partial charge in [0, 0.05) is 33.6 Å². The first-order valence-electron chi connectivity index (χ1n) is 7.32. The van der Waals surface area contributed by atoms with E-state index in [0.717, 1.165) is 4.47 Å². The van der Waals surface area contributed by atoms with Gasteiger partial charge in [0.05, 0.1) is 0 Å². The molecule has 0 saturated carbocycles. The minimum atomic E-state index is -2.48. The maximum atomic E-state index is 12.2. The van der Waals surface area contributed by atoms with Gasteiger partial charge < -0.3 is 10.6 Å². The Balaban J connectivity index is 1.75. The second-order valence-electron chi connectivity index (χ2n) is 4.96. The van der Waals surface area contributed by atoms with E-state index in [2.05, 4.69) is 26.6 Å². The van der Waals surface area contributed by atoms with Gasteiger partial charge in [0.25, 0.3) is 11.7 Å². The van der Waals surface area contributed by atoms with Gasteiger partial charge in [-0.15, -0.1) is 0 Å². The van der Waals surface area contributed by atoms with Crippen molar-refractivity contribution in [3.8, 4) is 0 Å². The number of hydrogen-bond donors (Lipinski definition) is 2. The summed E-state index contributed by atoms with van der Waals surface area (Å²) in [5.41, 5.74) is 1.03. The van der Waals surface area contributed by atoms with E-state index in [0.29, 0.717) is 27.9 Å². The van der Waals surface area contributed by atoms with Crippen molar-refractivity contribution in [1.82, 2.24) is 5.32 Å². The molecule has 0 aliphatic carbocycles. The van der Waals surface area contributed by atoms with Crippen molar-refractivity contribution in [3.63, 3.8) is 0 Å². The molecule has 0 heterocycles. The molecule has 25 heavy (non-hydrogen) atoms. The summed E-state index contributed by atoms with van der Waals surface area (Å²) in [6.45, 7) is 0.194. The fourth-order valence-corrected chi connectivity index (χ4v) is 2.70. The van der Waals surface area contributed by atoms with Crippen molar-refractivity contribution < 1.29 is 18.4 Å². The molecule has 0 bridgehead atoms. The van der Waals surface area contributed by atoms with E-state index < -0.39 is 5.76 Å². The topological polar surface area (TPSA) is 58.2 Å². The van der Waals surface area contributed by atoms with Gasteiger partial charge in [0.15, 0.2) is 0 Å². The largest absolute Gasteiger partial charge is 0.352 e. The van der Waals surface area contributed by atoms with Crippen LogP contribution in [0.15, 0.2) is 57.9 Å². The summed E-state index contributed by atoms with van der Waals surface area (Å²) in [6.07, 6.45) is 0.107. The Bertz CT molecular complexity index is 724. The van der Waals surface area contributed by atoms with E-state index in [9.17, 15) is 18.4 Å². The average Bonchev–Trinajstić information content (AvgIpc) is 2.56. The standard InChI is InChI=1S/C17H15BrF2N2O2S/c18-12-3-1-11(2-4-12)16(24)21-10-9-15(23)22-13-5-7-14(8-6-13)25-17(19)20/h1-8,17H,9-10H2,(H,21,24)(H,22,23). The highest BCUT2D eigenvalue weighted by Gasteiger charge is 2.08. The van der Waals surface area contributed by atoms with Crippen molar-refractivity contribution >= 4 is 45.2 Å². The summed E-state index contributed by atoms with van der Waals surface area (Å²) in [5.74, 6) is -3.01. The molecule has 0 aliphatic heterocycles. The number of amides is 2. The number of carbonyl (C=O) groups excluding carboxylic acids is 2. The van der Waals surface area contributed by atoms with Gasteiger partial charge in [-0.25, -0.2) is 0 Å². The highest BCUT2D eigenvalue weighted by Crippen LogP contribution is 2.26. The monoisotopic (exact) mass is 428 g/mol.